The van der Waals surface area contributed by atoms with Gasteiger partial charge in [0.25, 0.3) is 5.91 Å². The van der Waals surface area contributed by atoms with Crippen LogP contribution in [-0.2, 0) is 0 Å². The summed E-state index contributed by atoms with van der Waals surface area (Å²) in [5, 5.41) is 0. The van der Waals surface area contributed by atoms with E-state index < -0.39 is 5.91 Å². The first-order valence-electron chi connectivity index (χ1n) is 2.93. The lowest BCUT2D eigenvalue weighted by molar-refractivity contribution is 0.0999. The van der Waals surface area contributed by atoms with Crippen LogP contribution in [0.5, 0.6) is 0 Å². The maximum atomic E-state index is 10.6. The van der Waals surface area contributed by atoms with E-state index in [0.717, 1.165) is 0 Å². The largest absolute Gasteiger partial charge is 0.366 e. The molecule has 0 aliphatic heterocycles. The number of aromatic nitrogens is 1. The molecule has 2 N–H and O–H groups in total. The number of amides is 1. The first-order valence-corrected chi connectivity index (χ1v) is 2.93. The second kappa shape index (κ2) is 5.80. The summed E-state index contributed by atoms with van der Waals surface area (Å²) in [6.45, 7) is 1.75. The molecule has 0 aliphatic carbocycles. The van der Waals surface area contributed by atoms with Gasteiger partial charge in [-0.25, -0.2) is 0 Å². The Hall–Kier alpha value is -0.800. The Bertz CT molecular complexity index is 265. The number of carbonyl (C=O) groups excluding carboxylic acids is 1. The molecule has 12 heavy (non-hydrogen) atoms. The Kier molecular flexibility index (Phi) is 6.65. The van der Waals surface area contributed by atoms with Gasteiger partial charge in [-0.05, 0) is 19.1 Å². The van der Waals surface area contributed by atoms with Crippen molar-refractivity contribution in [3.63, 3.8) is 0 Å². The molecule has 3 nitrogen and oxygen atoms in total. The van der Waals surface area contributed by atoms with Crippen LogP contribution in [-0.4, -0.2) is 10.9 Å². The number of carbonyl (C=O) groups is 1. The van der Waals surface area contributed by atoms with E-state index in [9.17, 15) is 4.79 Å². The topological polar surface area (TPSA) is 56.0 Å². The summed E-state index contributed by atoms with van der Waals surface area (Å²) < 4.78 is 0. The number of nitrogens with zero attached hydrogens (tertiary/aromatic N) is 1. The molecule has 0 atom stereocenters. The number of pyridine rings is 1. The number of hydrogen-bond acceptors (Lipinski definition) is 2. The predicted molar refractivity (Wildman–Crippen MR) is 52.0 cm³/mol. The maximum Gasteiger partial charge on any atom is 0.250 e. The average molecular weight is 209 g/mol. The van der Waals surface area contributed by atoms with Crippen molar-refractivity contribution in [2.75, 3.05) is 0 Å². The Morgan fingerprint density at radius 2 is 2.08 bits per heavy atom. The van der Waals surface area contributed by atoms with Gasteiger partial charge in [0.15, 0.2) is 0 Å². The highest BCUT2D eigenvalue weighted by atomic mass is 35.5. The number of aryl methyl sites for hydroxylation is 1. The number of hydrogen-bond donors (Lipinski definition) is 1. The van der Waals surface area contributed by atoms with Crippen LogP contribution in [0.2, 0.25) is 0 Å². The van der Waals surface area contributed by atoms with Crippen LogP contribution in [0.25, 0.3) is 0 Å². The van der Waals surface area contributed by atoms with Crippen molar-refractivity contribution in [1.29, 1.82) is 0 Å². The quantitative estimate of drug-likeness (QED) is 0.758. The van der Waals surface area contributed by atoms with Gasteiger partial charge >= 0.3 is 0 Å². The van der Waals surface area contributed by atoms with E-state index in [4.69, 9.17) is 5.73 Å². The highest BCUT2D eigenvalue weighted by molar-refractivity contribution is 5.93. The molecule has 1 aromatic rings. The molecule has 0 saturated carbocycles. The van der Waals surface area contributed by atoms with Crippen molar-refractivity contribution in [2.24, 2.45) is 5.73 Å². The molecule has 1 rings (SSSR count). The fourth-order valence-electron chi connectivity index (χ4n) is 0.745. The SMILES string of the molecule is Cc1ncccc1C(N)=O.Cl.Cl. The molecule has 0 fully saturated rings. The molecule has 0 unspecified atom stereocenters. The molecular formula is C7H10Cl2N2O. The average Bonchev–Trinajstić information content (AvgIpc) is 1.88. The minimum atomic E-state index is -0.425. The third kappa shape index (κ3) is 3.07. The highest BCUT2D eigenvalue weighted by Crippen LogP contribution is 2.00. The van der Waals surface area contributed by atoms with E-state index in [1.807, 2.05) is 0 Å². The molecule has 0 saturated heterocycles. The summed E-state index contributed by atoms with van der Waals surface area (Å²) in [5.74, 6) is -0.425. The Balaban J connectivity index is 0. The number of nitrogens with two attached hydrogens (primary N) is 1. The van der Waals surface area contributed by atoms with Crippen LogP contribution in [0.4, 0.5) is 0 Å². The van der Waals surface area contributed by atoms with Gasteiger partial charge in [-0.3, -0.25) is 9.78 Å². The molecule has 1 heterocycles. The zero-order valence-electron chi connectivity index (χ0n) is 6.48. The normalized spacial score (nSPS) is 7.75. The van der Waals surface area contributed by atoms with E-state index >= 15 is 0 Å². The summed E-state index contributed by atoms with van der Waals surface area (Å²) in [7, 11) is 0. The molecule has 0 aliphatic rings. The first-order chi connectivity index (χ1) is 4.72. The lowest BCUT2D eigenvalue weighted by atomic mass is 10.2. The minimum absolute atomic E-state index is 0. The lowest BCUT2D eigenvalue weighted by Crippen LogP contribution is -2.12. The van der Waals surface area contributed by atoms with Crippen molar-refractivity contribution in [3.05, 3.63) is 29.6 Å². The minimum Gasteiger partial charge on any atom is -0.366 e. The summed E-state index contributed by atoms with van der Waals surface area (Å²) in [6.07, 6.45) is 1.63. The first kappa shape index (κ1) is 13.8. The van der Waals surface area contributed by atoms with Crippen LogP contribution >= 0.6 is 24.8 Å². The standard InChI is InChI=1S/C7H8N2O.2ClH/c1-5-6(7(8)10)3-2-4-9-5;;/h2-4H,1H3,(H2,8,10);2*1H. The summed E-state index contributed by atoms with van der Waals surface area (Å²) in [4.78, 5) is 14.5. The third-order valence-corrected chi connectivity index (χ3v) is 1.27. The zero-order chi connectivity index (χ0) is 7.56. The van der Waals surface area contributed by atoms with E-state index in [0.29, 0.717) is 11.3 Å². The maximum absolute atomic E-state index is 10.6. The highest BCUT2D eigenvalue weighted by Gasteiger charge is 2.01. The third-order valence-electron chi connectivity index (χ3n) is 1.27. The van der Waals surface area contributed by atoms with Crippen LogP contribution in [0.1, 0.15) is 16.1 Å². The van der Waals surface area contributed by atoms with Gasteiger partial charge in [-0.15, -0.1) is 24.8 Å². The molecule has 5 heteroatoms. The predicted octanol–water partition coefficient (Wildman–Crippen LogP) is 1.33. The molecule has 0 spiro atoms. The summed E-state index contributed by atoms with van der Waals surface area (Å²) in [5.41, 5.74) is 6.20. The molecule has 0 bridgehead atoms. The molecule has 0 radical (unpaired) electrons. The molecule has 1 amide bonds. The van der Waals surface area contributed by atoms with E-state index in [-0.39, 0.29) is 24.8 Å². The van der Waals surface area contributed by atoms with Crippen molar-refractivity contribution >= 4 is 30.7 Å². The number of primary amides is 1. The van der Waals surface area contributed by atoms with Crippen LogP contribution in [0, 0.1) is 6.92 Å². The smallest absolute Gasteiger partial charge is 0.250 e. The van der Waals surface area contributed by atoms with Crippen LogP contribution in [0.15, 0.2) is 18.3 Å². The van der Waals surface area contributed by atoms with Gasteiger partial charge in [0.2, 0.25) is 0 Å². The Morgan fingerprint density at radius 3 is 2.42 bits per heavy atom. The fourth-order valence-corrected chi connectivity index (χ4v) is 0.745. The van der Waals surface area contributed by atoms with Crippen LogP contribution in [0.3, 0.4) is 0 Å². The van der Waals surface area contributed by atoms with Crippen LogP contribution < -0.4 is 5.73 Å². The second-order valence-corrected chi connectivity index (χ2v) is 2.00. The zero-order valence-corrected chi connectivity index (χ0v) is 8.11. The molecular weight excluding hydrogens is 199 g/mol. The van der Waals surface area contributed by atoms with Crippen molar-refractivity contribution in [1.82, 2.24) is 4.98 Å². The Labute approximate surface area is 83.2 Å². The summed E-state index contributed by atoms with van der Waals surface area (Å²) >= 11 is 0. The van der Waals surface area contributed by atoms with E-state index in [1.54, 1.807) is 25.3 Å². The number of halogens is 2. The second-order valence-electron chi connectivity index (χ2n) is 2.00. The monoisotopic (exact) mass is 208 g/mol. The molecule has 68 valence electrons. The van der Waals surface area contributed by atoms with Gasteiger partial charge in [0.1, 0.15) is 0 Å². The number of rotatable bonds is 1. The fraction of sp³-hybridized carbons (Fsp3) is 0.143. The van der Waals surface area contributed by atoms with Gasteiger partial charge in [-0.2, -0.15) is 0 Å². The van der Waals surface area contributed by atoms with Gasteiger partial charge in [-0.1, -0.05) is 0 Å². The van der Waals surface area contributed by atoms with Gasteiger partial charge in [0.05, 0.1) is 5.56 Å². The Morgan fingerprint density at radius 1 is 1.50 bits per heavy atom. The lowest BCUT2D eigenvalue weighted by Gasteiger charge is -1.96. The van der Waals surface area contributed by atoms with Gasteiger partial charge < -0.3 is 5.73 Å². The van der Waals surface area contributed by atoms with E-state index in [1.165, 1.54) is 0 Å². The summed E-state index contributed by atoms with van der Waals surface area (Å²) in [6, 6.07) is 3.34. The molecule has 1 aromatic heterocycles. The van der Waals surface area contributed by atoms with Crippen molar-refractivity contribution < 1.29 is 4.79 Å². The van der Waals surface area contributed by atoms with Crippen molar-refractivity contribution in [3.8, 4) is 0 Å². The van der Waals surface area contributed by atoms with Gasteiger partial charge in [0, 0.05) is 11.9 Å². The van der Waals surface area contributed by atoms with E-state index in [2.05, 4.69) is 4.98 Å². The van der Waals surface area contributed by atoms with Crippen molar-refractivity contribution in [2.45, 2.75) is 6.92 Å². The molecule has 0 aromatic carbocycles.